The second-order valence-corrected chi connectivity index (χ2v) is 7.60. The van der Waals surface area contributed by atoms with Crippen LogP contribution in [-0.2, 0) is 23.8 Å². The molecule has 1 aliphatic rings. The Kier molecular flexibility index (Phi) is 10.4. The average Bonchev–Trinajstić information content (AvgIpc) is 2.61. The summed E-state index contributed by atoms with van der Waals surface area (Å²) in [6.45, 7) is 6.00. The number of carboxylic acids is 1. The van der Waals surface area contributed by atoms with Crippen molar-refractivity contribution in [2.75, 3.05) is 26.4 Å². The minimum atomic E-state index is -2.77. The molecule has 0 aromatic carbocycles. The minimum Gasteiger partial charge on any atom is -0.477 e. The molecule has 1 saturated heterocycles. The third-order valence-electron chi connectivity index (χ3n) is 4.52. The Morgan fingerprint density at radius 3 is 2.38 bits per heavy atom. The number of rotatable bonds is 12. The number of nitrogens with one attached hydrogen (secondary N) is 1. The number of carbonyl (C=O) groups is 2. The molecule has 1 amide bonds. The van der Waals surface area contributed by atoms with Gasteiger partial charge in [0.25, 0.3) is 5.79 Å². The Balaban J connectivity index is 2.63. The maximum absolute atomic E-state index is 11.4. The van der Waals surface area contributed by atoms with Gasteiger partial charge in [-0.05, 0) is 12.3 Å². The number of amides is 1. The van der Waals surface area contributed by atoms with Crippen LogP contribution in [-0.4, -0.2) is 100 Å². The van der Waals surface area contributed by atoms with Gasteiger partial charge in [-0.25, -0.2) is 4.79 Å². The quantitative estimate of drug-likeness (QED) is 0.197. The smallest absolute Gasteiger partial charge is 0.364 e. The van der Waals surface area contributed by atoms with Crippen LogP contribution in [0.2, 0.25) is 0 Å². The first-order valence-electron chi connectivity index (χ1n) is 9.58. The molecule has 0 bridgehead atoms. The van der Waals surface area contributed by atoms with E-state index in [1.807, 2.05) is 0 Å². The van der Waals surface area contributed by atoms with Crippen molar-refractivity contribution < 1.29 is 49.3 Å². The molecule has 1 fully saturated rings. The van der Waals surface area contributed by atoms with Crippen molar-refractivity contribution in [2.24, 2.45) is 5.92 Å². The Morgan fingerprint density at radius 1 is 1.21 bits per heavy atom. The van der Waals surface area contributed by atoms with Crippen molar-refractivity contribution in [2.45, 2.75) is 69.9 Å². The Bertz CT molecular complexity index is 531. The summed E-state index contributed by atoms with van der Waals surface area (Å²) >= 11 is 0. The molecule has 0 spiro atoms. The van der Waals surface area contributed by atoms with Gasteiger partial charge in [0.15, 0.2) is 0 Å². The van der Waals surface area contributed by atoms with Gasteiger partial charge in [-0.3, -0.25) is 4.79 Å². The van der Waals surface area contributed by atoms with E-state index in [-0.39, 0.29) is 13.2 Å². The van der Waals surface area contributed by atoms with Crippen LogP contribution < -0.4 is 5.32 Å². The van der Waals surface area contributed by atoms with Gasteiger partial charge in [0, 0.05) is 20.0 Å². The molecule has 0 saturated carbocycles. The molecule has 0 radical (unpaired) electrons. The molecule has 170 valence electrons. The van der Waals surface area contributed by atoms with Crippen molar-refractivity contribution in [1.29, 1.82) is 0 Å². The summed E-state index contributed by atoms with van der Waals surface area (Å²) in [4.78, 5) is 22.7. The van der Waals surface area contributed by atoms with E-state index in [1.54, 1.807) is 0 Å². The third-order valence-corrected chi connectivity index (χ3v) is 4.52. The fourth-order valence-corrected chi connectivity index (χ4v) is 2.87. The van der Waals surface area contributed by atoms with E-state index in [0.717, 1.165) is 13.3 Å². The van der Waals surface area contributed by atoms with Crippen molar-refractivity contribution in [3.8, 4) is 0 Å². The van der Waals surface area contributed by atoms with Crippen LogP contribution in [0.4, 0.5) is 0 Å². The SMILES string of the molecule is CC(=O)N[C@@H]1C(O)CC(O)(C(=O)O)OC1[C@H](O)[C@H](O)COCCOCCC(C)C. The van der Waals surface area contributed by atoms with E-state index < -0.39 is 54.5 Å². The first-order valence-corrected chi connectivity index (χ1v) is 9.58. The number of aliphatic hydroxyl groups excluding tert-OH is 3. The lowest BCUT2D eigenvalue weighted by atomic mass is 9.88. The van der Waals surface area contributed by atoms with Gasteiger partial charge >= 0.3 is 5.97 Å². The van der Waals surface area contributed by atoms with Crippen molar-refractivity contribution in [1.82, 2.24) is 5.32 Å². The molecular formula is C18H33NO10. The molecule has 11 heteroatoms. The summed E-state index contributed by atoms with van der Waals surface area (Å²) in [6, 6.07) is -1.24. The van der Waals surface area contributed by atoms with Gasteiger partial charge in [-0.1, -0.05) is 13.8 Å². The van der Waals surface area contributed by atoms with Crippen molar-refractivity contribution in [3.05, 3.63) is 0 Å². The van der Waals surface area contributed by atoms with E-state index in [9.17, 15) is 30.0 Å². The van der Waals surface area contributed by atoms with Crippen molar-refractivity contribution in [3.63, 3.8) is 0 Å². The standard InChI is InChI=1S/C18H33NO10/c1-10(2)4-5-27-6-7-28-9-13(22)15(23)16-14(19-11(3)20)12(21)8-18(26,29-16)17(24)25/h10,12-16,21-23,26H,4-9H2,1-3H3,(H,19,20)(H,24,25)/t12?,13-,14-,15-,16?,18?/m1/s1. The molecule has 0 aliphatic carbocycles. The van der Waals surface area contributed by atoms with E-state index >= 15 is 0 Å². The lowest BCUT2D eigenvalue weighted by Crippen LogP contribution is -2.67. The molecule has 1 aliphatic heterocycles. The van der Waals surface area contributed by atoms with Crippen LogP contribution in [0.3, 0.4) is 0 Å². The zero-order chi connectivity index (χ0) is 22.2. The second kappa shape index (κ2) is 11.7. The Morgan fingerprint density at radius 2 is 1.83 bits per heavy atom. The molecule has 6 N–H and O–H groups in total. The van der Waals surface area contributed by atoms with Gasteiger partial charge in [-0.2, -0.15) is 0 Å². The number of carbonyl (C=O) groups excluding carboxylic acids is 1. The first-order chi connectivity index (χ1) is 13.5. The number of aliphatic hydroxyl groups is 4. The van der Waals surface area contributed by atoms with Gasteiger partial charge < -0.3 is 45.1 Å². The number of ether oxygens (including phenoxy) is 3. The van der Waals surface area contributed by atoms with Crippen LogP contribution in [0, 0.1) is 5.92 Å². The highest BCUT2D eigenvalue weighted by Crippen LogP contribution is 2.30. The van der Waals surface area contributed by atoms with Gasteiger partial charge in [-0.15, -0.1) is 0 Å². The maximum Gasteiger partial charge on any atom is 0.364 e. The largest absolute Gasteiger partial charge is 0.477 e. The summed E-state index contributed by atoms with van der Waals surface area (Å²) in [6.07, 6.45) is -6.23. The zero-order valence-corrected chi connectivity index (χ0v) is 17.0. The summed E-state index contributed by atoms with van der Waals surface area (Å²) in [5, 5.41) is 52.3. The lowest BCUT2D eigenvalue weighted by Gasteiger charge is -2.44. The van der Waals surface area contributed by atoms with Gasteiger partial charge in [0.1, 0.15) is 18.3 Å². The van der Waals surface area contributed by atoms with E-state index in [2.05, 4.69) is 19.2 Å². The third kappa shape index (κ3) is 8.13. The summed E-state index contributed by atoms with van der Waals surface area (Å²) in [7, 11) is 0. The predicted molar refractivity (Wildman–Crippen MR) is 98.8 cm³/mol. The second-order valence-electron chi connectivity index (χ2n) is 7.60. The van der Waals surface area contributed by atoms with Crippen LogP contribution in [0.5, 0.6) is 0 Å². The molecule has 3 unspecified atom stereocenters. The maximum atomic E-state index is 11.4. The molecule has 1 heterocycles. The molecule has 11 nitrogen and oxygen atoms in total. The number of hydrogen-bond donors (Lipinski definition) is 6. The van der Waals surface area contributed by atoms with Gasteiger partial charge in [0.05, 0.1) is 32.0 Å². The molecule has 0 aromatic heterocycles. The summed E-state index contributed by atoms with van der Waals surface area (Å²) in [5.41, 5.74) is 0. The van der Waals surface area contributed by atoms with Crippen LogP contribution >= 0.6 is 0 Å². The van der Waals surface area contributed by atoms with Crippen LogP contribution in [0.1, 0.15) is 33.6 Å². The van der Waals surface area contributed by atoms with Crippen LogP contribution in [0.15, 0.2) is 0 Å². The monoisotopic (exact) mass is 423 g/mol. The van der Waals surface area contributed by atoms with Crippen molar-refractivity contribution >= 4 is 11.9 Å². The Hall–Kier alpha value is -1.34. The van der Waals surface area contributed by atoms with Crippen LogP contribution in [0.25, 0.3) is 0 Å². The molecule has 1 rings (SSSR count). The number of hydrogen-bond acceptors (Lipinski definition) is 9. The summed E-state index contributed by atoms with van der Waals surface area (Å²) < 4.78 is 15.7. The lowest BCUT2D eigenvalue weighted by molar-refractivity contribution is -0.295. The normalized spacial score (nSPS) is 29.4. The number of aliphatic carboxylic acids is 1. The highest BCUT2D eigenvalue weighted by molar-refractivity contribution is 5.76. The molecule has 0 aromatic rings. The van der Waals surface area contributed by atoms with E-state index in [1.165, 1.54) is 0 Å². The van der Waals surface area contributed by atoms with E-state index in [0.29, 0.717) is 19.1 Å². The average molecular weight is 423 g/mol. The molecular weight excluding hydrogens is 390 g/mol. The molecule has 6 atom stereocenters. The summed E-state index contributed by atoms with van der Waals surface area (Å²) in [5.74, 6) is -4.59. The fraction of sp³-hybridized carbons (Fsp3) is 0.889. The highest BCUT2D eigenvalue weighted by atomic mass is 16.7. The van der Waals surface area contributed by atoms with E-state index in [4.69, 9.17) is 19.3 Å². The van der Waals surface area contributed by atoms with Gasteiger partial charge in [0.2, 0.25) is 5.91 Å². The first kappa shape index (κ1) is 25.7. The predicted octanol–water partition coefficient (Wildman–Crippen LogP) is -1.78. The fourth-order valence-electron chi connectivity index (χ4n) is 2.87. The number of carboxylic acid groups (broad SMARTS) is 1. The highest BCUT2D eigenvalue weighted by Gasteiger charge is 2.53. The zero-order valence-electron chi connectivity index (χ0n) is 17.0. The topological polar surface area (TPSA) is 175 Å². The Labute approximate surface area is 169 Å². The minimum absolute atomic E-state index is 0.157. The molecule has 29 heavy (non-hydrogen) atoms.